The van der Waals surface area contributed by atoms with Crippen LogP contribution >= 0.6 is 11.6 Å². The Hall–Kier alpha value is -3.70. The Balaban J connectivity index is 1.36. The standard InChI is InChI=1S/C28H23ClN2O6S2/c29-22-13-9-19(10-14-22)20-11-15-25(16-12-20)39(36,37)31-28(27(32)33)18-26(28)21-5-4-6-23(17-21)30-38(34,35)24-7-2-1-3-8-24/h1-17,26,30-31H,18H2,(H,32,33)/t26-,28+/m0/s1. The average Bonchev–Trinajstić information content (AvgIpc) is 3.64. The van der Waals surface area contributed by atoms with Gasteiger partial charge in [0.25, 0.3) is 10.0 Å². The zero-order valence-corrected chi connectivity index (χ0v) is 22.7. The van der Waals surface area contributed by atoms with Crippen LogP contribution in [0.5, 0.6) is 0 Å². The molecule has 0 saturated heterocycles. The molecule has 0 spiro atoms. The fourth-order valence-electron chi connectivity index (χ4n) is 4.46. The summed E-state index contributed by atoms with van der Waals surface area (Å²) in [4.78, 5) is 12.3. The predicted octanol–water partition coefficient (Wildman–Crippen LogP) is 5.10. The highest BCUT2D eigenvalue weighted by Crippen LogP contribution is 2.53. The lowest BCUT2D eigenvalue weighted by molar-refractivity contribution is -0.140. The highest BCUT2D eigenvalue weighted by Gasteiger charge is 2.63. The van der Waals surface area contributed by atoms with E-state index in [1.807, 2.05) is 12.1 Å². The average molecular weight is 583 g/mol. The third-order valence-corrected chi connectivity index (χ3v) is 9.77. The van der Waals surface area contributed by atoms with Crippen molar-refractivity contribution in [3.05, 3.63) is 114 Å². The molecule has 2 atom stereocenters. The molecule has 0 amide bonds. The Morgan fingerprint density at radius 2 is 1.36 bits per heavy atom. The molecular formula is C28H23ClN2O6S2. The first-order valence-corrected chi connectivity index (χ1v) is 15.2. The minimum atomic E-state index is -4.19. The van der Waals surface area contributed by atoms with Gasteiger partial charge in [-0.3, -0.25) is 9.52 Å². The molecule has 4 aromatic carbocycles. The van der Waals surface area contributed by atoms with E-state index in [-0.39, 0.29) is 21.9 Å². The quantitative estimate of drug-likeness (QED) is 0.252. The highest BCUT2D eigenvalue weighted by atomic mass is 35.5. The van der Waals surface area contributed by atoms with Gasteiger partial charge in [-0.1, -0.05) is 66.2 Å². The van der Waals surface area contributed by atoms with Crippen molar-refractivity contribution >= 4 is 43.3 Å². The summed E-state index contributed by atoms with van der Waals surface area (Å²) >= 11 is 5.93. The Bertz CT molecular complexity index is 1740. The summed E-state index contributed by atoms with van der Waals surface area (Å²) in [6, 6.07) is 27.3. The largest absolute Gasteiger partial charge is 0.480 e. The van der Waals surface area contributed by atoms with Crippen LogP contribution in [0.4, 0.5) is 5.69 Å². The maximum Gasteiger partial charge on any atom is 0.325 e. The van der Waals surface area contributed by atoms with Crippen LogP contribution in [0.2, 0.25) is 5.02 Å². The number of hydrogen-bond acceptors (Lipinski definition) is 5. The van der Waals surface area contributed by atoms with Crippen LogP contribution < -0.4 is 9.44 Å². The van der Waals surface area contributed by atoms with Gasteiger partial charge in [0, 0.05) is 16.6 Å². The maximum atomic E-state index is 13.2. The molecule has 0 radical (unpaired) electrons. The molecule has 1 aliphatic carbocycles. The number of benzene rings is 4. The zero-order valence-electron chi connectivity index (χ0n) is 20.3. The van der Waals surface area contributed by atoms with E-state index in [9.17, 15) is 26.7 Å². The van der Waals surface area contributed by atoms with E-state index in [1.54, 1.807) is 60.7 Å². The second-order valence-electron chi connectivity index (χ2n) is 9.21. The summed E-state index contributed by atoms with van der Waals surface area (Å²) in [5, 5.41) is 10.6. The molecule has 8 nitrogen and oxygen atoms in total. The van der Waals surface area contributed by atoms with Crippen molar-refractivity contribution in [1.29, 1.82) is 0 Å². The number of nitrogens with one attached hydrogen (secondary N) is 2. The smallest absolute Gasteiger partial charge is 0.325 e. The van der Waals surface area contributed by atoms with Gasteiger partial charge in [-0.25, -0.2) is 16.8 Å². The van der Waals surface area contributed by atoms with Gasteiger partial charge < -0.3 is 5.11 Å². The molecule has 1 aliphatic rings. The molecule has 0 aliphatic heterocycles. The Morgan fingerprint density at radius 3 is 1.97 bits per heavy atom. The monoisotopic (exact) mass is 582 g/mol. The minimum Gasteiger partial charge on any atom is -0.480 e. The van der Waals surface area contributed by atoms with E-state index in [4.69, 9.17) is 11.6 Å². The van der Waals surface area contributed by atoms with E-state index in [1.165, 1.54) is 30.3 Å². The van der Waals surface area contributed by atoms with Gasteiger partial charge in [0.2, 0.25) is 10.0 Å². The molecule has 5 rings (SSSR count). The number of aliphatic carboxylic acids is 1. The second kappa shape index (κ2) is 10.1. The van der Waals surface area contributed by atoms with Crippen molar-refractivity contribution in [2.45, 2.75) is 27.7 Å². The van der Waals surface area contributed by atoms with Crippen LogP contribution in [0.25, 0.3) is 11.1 Å². The van der Waals surface area contributed by atoms with Crippen LogP contribution in [-0.2, 0) is 24.8 Å². The van der Waals surface area contributed by atoms with E-state index in [0.717, 1.165) is 11.1 Å². The van der Waals surface area contributed by atoms with Crippen molar-refractivity contribution in [2.24, 2.45) is 0 Å². The lowest BCUT2D eigenvalue weighted by atomic mass is 10.1. The first kappa shape index (κ1) is 26.9. The van der Waals surface area contributed by atoms with E-state index < -0.39 is 37.5 Å². The van der Waals surface area contributed by atoms with Crippen molar-refractivity contribution < 1.29 is 26.7 Å². The molecular weight excluding hydrogens is 560 g/mol. The third-order valence-electron chi connectivity index (χ3n) is 6.60. The van der Waals surface area contributed by atoms with Crippen LogP contribution in [0.3, 0.4) is 0 Å². The Kier molecular flexibility index (Phi) is 6.98. The summed E-state index contributed by atoms with van der Waals surface area (Å²) in [6.07, 6.45) is 0.0132. The fraction of sp³-hybridized carbons (Fsp3) is 0.107. The number of carboxylic acid groups (broad SMARTS) is 1. The van der Waals surface area contributed by atoms with Gasteiger partial charge in [-0.2, -0.15) is 4.72 Å². The van der Waals surface area contributed by atoms with Gasteiger partial charge in [-0.05, 0) is 71.6 Å². The van der Waals surface area contributed by atoms with E-state index in [2.05, 4.69) is 9.44 Å². The lowest BCUT2D eigenvalue weighted by Gasteiger charge is -2.16. The molecule has 0 unspecified atom stereocenters. The van der Waals surface area contributed by atoms with E-state index >= 15 is 0 Å². The molecule has 0 heterocycles. The van der Waals surface area contributed by atoms with Gasteiger partial charge >= 0.3 is 5.97 Å². The molecule has 3 N–H and O–H groups in total. The number of sulfonamides is 2. The lowest BCUT2D eigenvalue weighted by Crippen LogP contribution is -2.44. The number of carboxylic acids is 1. The topological polar surface area (TPSA) is 130 Å². The van der Waals surface area contributed by atoms with Crippen LogP contribution in [0.15, 0.2) is 113 Å². The fourth-order valence-corrected chi connectivity index (χ4v) is 7.06. The predicted molar refractivity (Wildman–Crippen MR) is 149 cm³/mol. The molecule has 11 heteroatoms. The van der Waals surface area contributed by atoms with Crippen molar-refractivity contribution in [3.63, 3.8) is 0 Å². The summed E-state index contributed by atoms with van der Waals surface area (Å²) in [6.45, 7) is 0. The van der Waals surface area contributed by atoms with Crippen molar-refractivity contribution in [3.8, 4) is 11.1 Å². The Morgan fingerprint density at radius 1 is 0.769 bits per heavy atom. The first-order chi connectivity index (χ1) is 18.5. The van der Waals surface area contributed by atoms with Crippen LogP contribution in [0.1, 0.15) is 17.9 Å². The number of halogens is 1. The third kappa shape index (κ3) is 5.55. The SMILES string of the molecule is O=C(O)[C@@]1(NS(=O)(=O)c2ccc(-c3ccc(Cl)cc3)cc2)C[C@H]1c1cccc(NS(=O)(=O)c2ccccc2)c1. The summed E-state index contributed by atoms with van der Waals surface area (Å²) in [5.41, 5.74) is 0.598. The summed E-state index contributed by atoms with van der Waals surface area (Å²) < 4.78 is 56.7. The molecule has 39 heavy (non-hydrogen) atoms. The number of hydrogen-bond donors (Lipinski definition) is 3. The molecule has 0 bridgehead atoms. The van der Waals surface area contributed by atoms with Gasteiger partial charge in [0.05, 0.1) is 9.79 Å². The maximum absolute atomic E-state index is 13.2. The summed E-state index contributed by atoms with van der Waals surface area (Å²) in [7, 11) is -8.04. The molecule has 200 valence electrons. The Labute approximate surface area is 231 Å². The molecule has 4 aromatic rings. The first-order valence-electron chi connectivity index (χ1n) is 11.8. The normalized spacial score (nSPS) is 18.8. The minimum absolute atomic E-state index is 0.0132. The van der Waals surface area contributed by atoms with Gasteiger partial charge in [0.15, 0.2) is 0 Å². The molecule has 0 aromatic heterocycles. The van der Waals surface area contributed by atoms with Gasteiger partial charge in [0.1, 0.15) is 5.54 Å². The molecule has 1 fully saturated rings. The van der Waals surface area contributed by atoms with E-state index in [0.29, 0.717) is 10.6 Å². The van der Waals surface area contributed by atoms with Gasteiger partial charge in [-0.15, -0.1) is 0 Å². The highest BCUT2D eigenvalue weighted by molar-refractivity contribution is 7.92. The second-order valence-corrected chi connectivity index (χ2v) is 13.0. The van der Waals surface area contributed by atoms with Crippen LogP contribution in [0, 0.1) is 0 Å². The molecule has 1 saturated carbocycles. The number of carbonyl (C=O) groups is 1. The number of anilines is 1. The van der Waals surface area contributed by atoms with Crippen molar-refractivity contribution in [2.75, 3.05) is 4.72 Å². The zero-order chi connectivity index (χ0) is 27.8. The van der Waals surface area contributed by atoms with Crippen LogP contribution in [-0.4, -0.2) is 33.5 Å². The van der Waals surface area contributed by atoms with Crippen molar-refractivity contribution in [1.82, 2.24) is 4.72 Å². The number of rotatable bonds is 9. The summed E-state index contributed by atoms with van der Waals surface area (Å²) in [5.74, 6) is -2.01.